The van der Waals surface area contributed by atoms with Crippen LogP contribution in [-0.4, -0.2) is 26.5 Å². The van der Waals surface area contributed by atoms with Crippen molar-refractivity contribution in [3.63, 3.8) is 0 Å². The molecule has 0 aliphatic carbocycles. The summed E-state index contributed by atoms with van der Waals surface area (Å²) < 4.78 is 52.6. The van der Waals surface area contributed by atoms with Gasteiger partial charge in [-0.1, -0.05) is 35.4 Å². The molecule has 1 atom stereocenters. The number of aliphatic imine (C=N–C) groups is 2. The summed E-state index contributed by atoms with van der Waals surface area (Å²) in [7, 11) is 0. The summed E-state index contributed by atoms with van der Waals surface area (Å²) in [5, 5.41) is 0. The zero-order valence-corrected chi connectivity index (χ0v) is 26.1. The number of rotatable bonds is 5. The molecule has 11 heteroatoms. The number of nitrogens with zero attached hydrogens (tertiary/aromatic N) is 2. The molecular weight excluding hydrogens is 589 g/mol. The monoisotopic (exact) mass is 622 g/mol. The summed E-state index contributed by atoms with van der Waals surface area (Å²) in [6.45, 7) is 17.0. The summed E-state index contributed by atoms with van der Waals surface area (Å²) >= 11 is -1.75. The van der Waals surface area contributed by atoms with E-state index in [9.17, 15) is 13.2 Å². The second kappa shape index (κ2) is 15.6. The molecule has 5 nitrogen and oxygen atoms in total. The molecule has 3 aromatic rings. The molecule has 0 aliphatic rings. The van der Waals surface area contributed by atoms with Crippen molar-refractivity contribution in [3.05, 3.63) is 87.0 Å². The molecular formula is C28H33F3FeN2O3S2. The predicted octanol–water partition coefficient (Wildman–Crippen LogP) is 8.64. The van der Waals surface area contributed by atoms with Crippen LogP contribution in [0.15, 0.2) is 46.4 Å². The summed E-state index contributed by atoms with van der Waals surface area (Å²) in [4.78, 5) is 12.3. The molecule has 0 N–H and O–H groups in total. The molecule has 214 valence electrons. The molecule has 0 radical (unpaired) electrons. The van der Waals surface area contributed by atoms with Crippen molar-refractivity contribution in [1.29, 1.82) is 0 Å². The van der Waals surface area contributed by atoms with Crippen molar-refractivity contribution in [2.24, 2.45) is 9.98 Å². The van der Waals surface area contributed by atoms with Crippen molar-refractivity contribution >= 4 is 45.5 Å². The van der Waals surface area contributed by atoms with Crippen LogP contribution in [0, 0.1) is 49.0 Å². The van der Waals surface area contributed by atoms with Crippen molar-refractivity contribution in [3.8, 4) is 0 Å². The van der Waals surface area contributed by atoms with E-state index in [0.29, 0.717) is 0 Å². The minimum absolute atomic E-state index is 0. The van der Waals surface area contributed by atoms with E-state index >= 15 is 0 Å². The Bertz CT molecular complexity index is 1230. The average molecular weight is 623 g/mol. The van der Waals surface area contributed by atoms with Crippen LogP contribution in [0.5, 0.6) is 0 Å². The second-order valence-electron chi connectivity index (χ2n) is 8.79. The van der Waals surface area contributed by atoms with Gasteiger partial charge in [-0.2, -0.15) is 0 Å². The van der Waals surface area contributed by atoms with Gasteiger partial charge in [0.15, 0.2) is 0 Å². The molecule has 2 aromatic carbocycles. The fourth-order valence-electron chi connectivity index (χ4n) is 3.95. The summed E-state index contributed by atoms with van der Waals surface area (Å²) in [5.41, 5.74) is 11.7. The zero-order chi connectivity index (χ0) is 28.1. The van der Waals surface area contributed by atoms with Crippen molar-refractivity contribution in [2.45, 2.75) is 61.8 Å². The van der Waals surface area contributed by atoms with Gasteiger partial charge in [-0.25, -0.2) is 8.39 Å². The molecule has 0 spiro atoms. The molecule has 1 heterocycles. The molecule has 1 aromatic heterocycles. The first kappa shape index (κ1) is 36.9. The van der Waals surface area contributed by atoms with Crippen molar-refractivity contribution in [2.75, 3.05) is 0 Å². The smallest absolute Gasteiger partial charge is 0.750 e. The third-order valence-corrected chi connectivity index (χ3v) is 6.94. The molecule has 0 saturated heterocycles. The normalized spacial score (nSPS) is 12.6. The number of hydrogen-bond donors (Lipinski definition) is 0. The van der Waals surface area contributed by atoms with Crippen LogP contribution in [0.25, 0.3) is 0 Å². The first-order valence-electron chi connectivity index (χ1n) is 11.3. The van der Waals surface area contributed by atoms with Gasteiger partial charge in [-0.15, -0.1) is 24.5 Å². The Morgan fingerprint density at radius 1 is 0.795 bits per heavy atom. The third kappa shape index (κ3) is 11.5. The Morgan fingerprint density at radius 2 is 1.10 bits per heavy atom. The standard InChI is InChI=1S/C26H30N2S.CHF3O3S.CH3.Fe/c1-15-11-17(3)25(18(4)12-15)27-21(7)23-9-10-24(29-23)22(8)28-26-19(5)13-16(2)14-20(26)6;2-1(3,4)7-8(5)6;;/h9-14H,1-8H3;(H,5,6);1H3;/q;;-1;+2/p-1. The van der Waals surface area contributed by atoms with E-state index in [1.807, 2.05) is 0 Å². The Kier molecular flexibility index (Phi) is 14.7. The minimum Gasteiger partial charge on any atom is -0.750 e. The molecule has 1 unspecified atom stereocenters. The maximum absolute atomic E-state index is 10.7. The molecule has 0 bridgehead atoms. The molecule has 0 fully saturated rings. The van der Waals surface area contributed by atoms with E-state index in [4.69, 9.17) is 18.7 Å². The minimum atomic E-state index is -5.09. The molecule has 3 rings (SSSR count). The maximum Gasteiger partial charge on any atom is 2.00 e. The van der Waals surface area contributed by atoms with Crippen LogP contribution in [0.1, 0.15) is 57.0 Å². The number of alkyl halides is 3. The van der Waals surface area contributed by atoms with E-state index in [1.165, 1.54) is 43.1 Å². The van der Waals surface area contributed by atoms with E-state index in [0.717, 1.165) is 22.8 Å². The largest absolute Gasteiger partial charge is 2.00 e. The van der Waals surface area contributed by atoms with Gasteiger partial charge in [-0.3, -0.25) is 9.98 Å². The average Bonchev–Trinajstić information content (AvgIpc) is 3.22. The van der Waals surface area contributed by atoms with Crippen LogP contribution in [-0.2, 0) is 32.6 Å². The van der Waals surface area contributed by atoms with E-state index in [-0.39, 0.29) is 24.5 Å². The topological polar surface area (TPSA) is 74.1 Å². The van der Waals surface area contributed by atoms with Crippen LogP contribution >= 0.6 is 11.3 Å². The first-order chi connectivity index (χ1) is 17.1. The molecule has 0 saturated carbocycles. The Hall–Kier alpha value is -2.14. The Morgan fingerprint density at radius 3 is 1.33 bits per heavy atom. The Labute approximate surface area is 246 Å². The maximum atomic E-state index is 10.7. The summed E-state index contributed by atoms with van der Waals surface area (Å²) in [6, 6.07) is 13.1. The number of halogens is 3. The van der Waals surface area contributed by atoms with Crippen LogP contribution in [0.2, 0.25) is 0 Å². The molecule has 0 aliphatic heterocycles. The van der Waals surface area contributed by atoms with Crippen molar-refractivity contribution in [1.82, 2.24) is 0 Å². The van der Waals surface area contributed by atoms with E-state index in [2.05, 4.69) is 96.0 Å². The summed E-state index contributed by atoms with van der Waals surface area (Å²) in [5.74, 6) is 0. The fraction of sp³-hybridized carbons (Fsp3) is 0.321. The first-order valence-corrected chi connectivity index (χ1v) is 13.1. The fourth-order valence-corrected chi connectivity index (χ4v) is 5.00. The van der Waals surface area contributed by atoms with Crippen LogP contribution in [0.3, 0.4) is 0 Å². The quantitative estimate of drug-likeness (QED) is 0.124. The van der Waals surface area contributed by atoms with Gasteiger partial charge in [0, 0.05) is 9.75 Å². The van der Waals surface area contributed by atoms with E-state index in [1.54, 1.807) is 11.3 Å². The van der Waals surface area contributed by atoms with E-state index < -0.39 is 17.7 Å². The second-order valence-corrected chi connectivity index (χ2v) is 10.4. The molecule has 0 amide bonds. The zero-order valence-electron chi connectivity index (χ0n) is 23.4. The predicted molar refractivity (Wildman–Crippen MR) is 152 cm³/mol. The Balaban J connectivity index is 0.00000126. The van der Waals surface area contributed by atoms with Crippen molar-refractivity contribution < 1.29 is 43.2 Å². The van der Waals surface area contributed by atoms with Crippen LogP contribution in [0.4, 0.5) is 24.5 Å². The van der Waals surface area contributed by atoms with Crippen LogP contribution < -0.4 is 0 Å². The molecule has 39 heavy (non-hydrogen) atoms. The van der Waals surface area contributed by atoms with Gasteiger partial charge in [0.2, 0.25) is 0 Å². The number of thiophene rings is 1. The van der Waals surface area contributed by atoms with Gasteiger partial charge in [-0.05, 0) is 89.8 Å². The third-order valence-electron chi connectivity index (χ3n) is 5.31. The van der Waals surface area contributed by atoms with Gasteiger partial charge >= 0.3 is 23.4 Å². The van der Waals surface area contributed by atoms with Gasteiger partial charge in [0.1, 0.15) is 0 Å². The number of hydrogen-bond acceptors (Lipinski definition) is 6. The number of benzene rings is 2. The number of aryl methyl sites for hydroxylation is 6. The van der Waals surface area contributed by atoms with Gasteiger partial charge in [0.25, 0.3) is 0 Å². The van der Waals surface area contributed by atoms with Gasteiger partial charge in [0.05, 0.1) is 34.2 Å². The van der Waals surface area contributed by atoms with Gasteiger partial charge < -0.3 is 12.0 Å². The summed E-state index contributed by atoms with van der Waals surface area (Å²) in [6.07, 6.45) is -5.09. The SMILES string of the molecule is CC(=Nc1c(C)cc(C)cc1C)c1ccc(C(C)=Nc2c(C)cc(C)cc2C)s1.O=S([O-])OC(F)(F)F.[CH3-].[Fe+2].